The summed E-state index contributed by atoms with van der Waals surface area (Å²) < 4.78 is 25.9. The van der Waals surface area contributed by atoms with Gasteiger partial charge in [0.25, 0.3) is 16.0 Å². The summed E-state index contributed by atoms with van der Waals surface area (Å²) in [5.41, 5.74) is 9.92. The lowest BCUT2D eigenvalue weighted by atomic mass is 9.95. The molecule has 39 heavy (non-hydrogen) atoms. The highest BCUT2D eigenvalue weighted by atomic mass is 32.2. The number of anilines is 1. The molecule has 3 aromatic rings. The zero-order chi connectivity index (χ0) is 29.3. The van der Waals surface area contributed by atoms with Crippen LogP contribution >= 0.6 is 0 Å². The number of carboxylic acid groups (broad SMARTS) is 1. The Hall–Kier alpha value is -4.29. The van der Waals surface area contributed by atoms with Crippen LogP contribution < -0.4 is 16.4 Å². The number of aryl methyl sites for hydroxylation is 1. The fourth-order valence-corrected chi connectivity index (χ4v) is 3.44. The van der Waals surface area contributed by atoms with Gasteiger partial charge in [-0.05, 0) is 60.9 Å². The summed E-state index contributed by atoms with van der Waals surface area (Å²) in [5, 5.41) is 23.5. The van der Waals surface area contributed by atoms with Crippen molar-refractivity contribution in [3.63, 3.8) is 0 Å². The SMILES string of the molecule is CS(=O)(=O)O.Cc1ccc(-c2ccc(C(=O)NCC(C)C)cc2C(=O)O)c(CNc2ccc(C(=N)N)cc2)n1. The van der Waals surface area contributed by atoms with E-state index in [0.717, 1.165) is 11.4 Å². The Bertz CT molecular complexity index is 1450. The third kappa shape index (κ3) is 10.2. The highest BCUT2D eigenvalue weighted by molar-refractivity contribution is 7.85. The molecule has 0 fully saturated rings. The molecule has 0 aliphatic carbocycles. The number of pyridine rings is 1. The standard InChI is InChI=1S/C26H29N5O3.CH4O3S/c1-15(2)13-30-25(32)18-7-11-20(22(12-18)26(33)34)21-10-4-16(3)31-23(21)14-29-19-8-5-17(6-9-19)24(27)28;1-5(2,3)4/h4-12,15,29H,13-14H2,1-3H3,(H3,27,28)(H,30,32)(H,33,34);1H3,(H,2,3,4). The van der Waals surface area contributed by atoms with Gasteiger partial charge in [-0.3, -0.25) is 19.7 Å². The second-order valence-electron chi connectivity index (χ2n) is 9.19. The molecule has 0 saturated carbocycles. The monoisotopic (exact) mass is 555 g/mol. The van der Waals surface area contributed by atoms with Crippen molar-refractivity contribution >= 4 is 33.5 Å². The Morgan fingerprint density at radius 3 is 2.13 bits per heavy atom. The first-order valence-electron chi connectivity index (χ1n) is 11.9. The zero-order valence-corrected chi connectivity index (χ0v) is 23.0. The van der Waals surface area contributed by atoms with Crippen molar-refractivity contribution in [3.8, 4) is 11.1 Å². The van der Waals surface area contributed by atoms with Crippen LogP contribution in [0, 0.1) is 18.3 Å². The van der Waals surface area contributed by atoms with Gasteiger partial charge in [-0.15, -0.1) is 0 Å². The number of rotatable bonds is 9. The van der Waals surface area contributed by atoms with E-state index in [1.54, 1.807) is 24.3 Å². The number of aromatic nitrogens is 1. The van der Waals surface area contributed by atoms with Crippen molar-refractivity contribution in [1.82, 2.24) is 10.3 Å². The average molecular weight is 556 g/mol. The third-order valence-corrected chi connectivity index (χ3v) is 5.24. The number of amides is 1. The lowest BCUT2D eigenvalue weighted by Crippen LogP contribution is -2.27. The van der Waals surface area contributed by atoms with Crippen molar-refractivity contribution < 1.29 is 27.7 Å². The quantitative estimate of drug-likeness (QED) is 0.130. The lowest BCUT2D eigenvalue weighted by Gasteiger charge is -2.15. The number of carbonyl (C=O) groups is 2. The van der Waals surface area contributed by atoms with Gasteiger partial charge in [0.1, 0.15) is 5.84 Å². The van der Waals surface area contributed by atoms with Gasteiger partial charge >= 0.3 is 5.97 Å². The lowest BCUT2D eigenvalue weighted by molar-refractivity contribution is 0.0697. The molecule has 7 N–H and O–H groups in total. The van der Waals surface area contributed by atoms with Crippen LogP contribution in [0.5, 0.6) is 0 Å². The molecule has 0 aliphatic rings. The van der Waals surface area contributed by atoms with Gasteiger partial charge in [0.15, 0.2) is 0 Å². The molecule has 3 rings (SSSR count). The zero-order valence-electron chi connectivity index (χ0n) is 22.1. The maximum absolute atomic E-state index is 12.5. The van der Waals surface area contributed by atoms with Crippen LogP contribution in [0.1, 0.15) is 51.5 Å². The van der Waals surface area contributed by atoms with Crippen LogP contribution in [0.4, 0.5) is 5.69 Å². The molecule has 1 aromatic heterocycles. The molecule has 0 atom stereocenters. The van der Waals surface area contributed by atoms with Gasteiger partial charge < -0.3 is 21.5 Å². The van der Waals surface area contributed by atoms with Gasteiger partial charge in [0, 0.05) is 34.6 Å². The number of carbonyl (C=O) groups excluding carboxylic acids is 1. The fourth-order valence-electron chi connectivity index (χ4n) is 3.44. The summed E-state index contributed by atoms with van der Waals surface area (Å²) in [4.78, 5) is 29.2. The molecule has 1 amide bonds. The van der Waals surface area contributed by atoms with Gasteiger partial charge in [0.05, 0.1) is 24.1 Å². The number of hydrogen-bond acceptors (Lipinski definition) is 7. The van der Waals surface area contributed by atoms with E-state index >= 15 is 0 Å². The van der Waals surface area contributed by atoms with E-state index in [1.165, 1.54) is 6.07 Å². The topological polar surface area (TPSA) is 196 Å². The van der Waals surface area contributed by atoms with Crippen molar-refractivity contribution in [2.24, 2.45) is 11.7 Å². The van der Waals surface area contributed by atoms with E-state index in [0.29, 0.717) is 47.3 Å². The van der Waals surface area contributed by atoms with E-state index in [2.05, 4.69) is 15.6 Å². The summed E-state index contributed by atoms with van der Waals surface area (Å²) in [6, 6.07) is 15.5. The molecule has 0 radical (unpaired) electrons. The minimum absolute atomic E-state index is 0.00304. The van der Waals surface area contributed by atoms with Crippen molar-refractivity contribution in [2.45, 2.75) is 27.3 Å². The molecule has 0 spiro atoms. The Morgan fingerprint density at radius 2 is 1.59 bits per heavy atom. The van der Waals surface area contributed by atoms with E-state index in [-0.39, 0.29) is 23.2 Å². The maximum atomic E-state index is 12.5. The van der Waals surface area contributed by atoms with Gasteiger partial charge in [-0.2, -0.15) is 8.42 Å². The molecule has 0 aliphatic heterocycles. The molecule has 0 unspecified atom stereocenters. The van der Waals surface area contributed by atoms with E-state index in [4.69, 9.17) is 15.7 Å². The molecular formula is C27H33N5O6S. The first-order valence-corrected chi connectivity index (χ1v) is 13.7. The first kappa shape index (κ1) is 30.9. The Balaban J connectivity index is 0.000000976. The molecular weight excluding hydrogens is 522 g/mol. The molecule has 2 aromatic carbocycles. The summed E-state index contributed by atoms with van der Waals surface area (Å²) >= 11 is 0. The highest BCUT2D eigenvalue weighted by Crippen LogP contribution is 2.28. The second kappa shape index (κ2) is 13.5. The number of nitrogens with two attached hydrogens (primary N) is 1. The van der Waals surface area contributed by atoms with Crippen molar-refractivity contribution in [2.75, 3.05) is 18.1 Å². The molecule has 11 nitrogen and oxygen atoms in total. The fraction of sp³-hybridized carbons (Fsp3) is 0.259. The molecule has 1 heterocycles. The Labute approximate surface area is 227 Å². The van der Waals surface area contributed by atoms with Gasteiger partial charge in [-0.1, -0.05) is 26.0 Å². The normalized spacial score (nSPS) is 10.8. The van der Waals surface area contributed by atoms with Crippen molar-refractivity contribution in [3.05, 3.63) is 82.7 Å². The molecule has 12 heteroatoms. The maximum Gasteiger partial charge on any atom is 0.336 e. The predicted molar refractivity (Wildman–Crippen MR) is 151 cm³/mol. The van der Waals surface area contributed by atoms with E-state index in [9.17, 15) is 23.1 Å². The Morgan fingerprint density at radius 1 is 1.03 bits per heavy atom. The minimum Gasteiger partial charge on any atom is -0.478 e. The Kier molecular flexibility index (Phi) is 10.7. The summed E-state index contributed by atoms with van der Waals surface area (Å²) in [6.07, 6.45) is 0.715. The first-order chi connectivity index (χ1) is 18.2. The summed E-state index contributed by atoms with van der Waals surface area (Å²) in [7, 11) is -3.67. The number of nitrogen functional groups attached to an aromatic ring is 1. The van der Waals surface area contributed by atoms with E-state index in [1.807, 2.05) is 45.0 Å². The number of hydrogen-bond donors (Lipinski definition) is 6. The minimum atomic E-state index is -3.67. The smallest absolute Gasteiger partial charge is 0.336 e. The van der Waals surface area contributed by atoms with Crippen LogP contribution in [0.3, 0.4) is 0 Å². The number of benzene rings is 2. The highest BCUT2D eigenvalue weighted by Gasteiger charge is 2.18. The number of amidine groups is 1. The number of nitrogens with one attached hydrogen (secondary N) is 3. The average Bonchev–Trinajstić information content (AvgIpc) is 2.85. The molecule has 0 saturated heterocycles. The molecule has 208 valence electrons. The van der Waals surface area contributed by atoms with Gasteiger partial charge in [0.2, 0.25) is 0 Å². The van der Waals surface area contributed by atoms with Crippen LogP contribution in [-0.2, 0) is 16.7 Å². The summed E-state index contributed by atoms with van der Waals surface area (Å²) in [5.74, 6) is -1.14. The summed E-state index contributed by atoms with van der Waals surface area (Å²) in [6.45, 7) is 6.71. The number of aromatic carboxylic acids is 1. The number of carboxylic acids is 1. The predicted octanol–water partition coefficient (Wildman–Crippen LogP) is 3.54. The molecule has 0 bridgehead atoms. The van der Waals surface area contributed by atoms with Crippen molar-refractivity contribution in [1.29, 1.82) is 5.41 Å². The number of nitrogens with zero attached hydrogens (tertiary/aromatic N) is 1. The second-order valence-corrected chi connectivity index (χ2v) is 10.7. The third-order valence-electron chi connectivity index (χ3n) is 5.24. The van der Waals surface area contributed by atoms with Crippen LogP contribution in [-0.4, -0.2) is 53.6 Å². The van der Waals surface area contributed by atoms with E-state index < -0.39 is 16.1 Å². The largest absolute Gasteiger partial charge is 0.478 e. The van der Waals surface area contributed by atoms with Gasteiger partial charge in [-0.25, -0.2) is 4.79 Å². The van der Waals surface area contributed by atoms with Crippen LogP contribution in [0.2, 0.25) is 0 Å². The van der Waals surface area contributed by atoms with Crippen LogP contribution in [0.25, 0.3) is 11.1 Å². The van der Waals surface area contributed by atoms with Crippen LogP contribution in [0.15, 0.2) is 54.6 Å².